The molecule has 0 radical (unpaired) electrons. The second-order valence-electron chi connectivity index (χ2n) is 7.22. The number of methoxy groups -OCH3 is 1. The van der Waals surface area contributed by atoms with Gasteiger partial charge in [0, 0.05) is 0 Å². The largest absolute Gasteiger partial charge is 0.493 e. The van der Waals surface area contributed by atoms with Gasteiger partial charge in [0.15, 0.2) is 11.5 Å². The monoisotopic (exact) mass is 508 g/mol. The summed E-state index contributed by atoms with van der Waals surface area (Å²) in [7, 11) is -2.85. The van der Waals surface area contributed by atoms with Crippen LogP contribution in [0.3, 0.4) is 0 Å². The number of alkyl halides is 3. The van der Waals surface area contributed by atoms with E-state index in [4.69, 9.17) is 9.47 Å². The molecule has 3 rings (SSSR count). The van der Waals surface area contributed by atoms with E-state index in [0.29, 0.717) is 21.9 Å². The predicted octanol–water partition coefficient (Wildman–Crippen LogP) is 4.10. The molecule has 1 amide bonds. The van der Waals surface area contributed by atoms with Crippen molar-refractivity contribution in [2.24, 2.45) is 0 Å². The normalized spacial score (nSPS) is 11.5. The van der Waals surface area contributed by atoms with Crippen LogP contribution in [0.4, 0.5) is 18.9 Å². The fourth-order valence-electron chi connectivity index (χ4n) is 3.15. The van der Waals surface area contributed by atoms with E-state index < -0.39 is 34.2 Å². The average Bonchev–Trinajstić information content (AvgIpc) is 2.85. The summed E-state index contributed by atoms with van der Waals surface area (Å²) in [6, 6.07) is 17.9. The van der Waals surface area contributed by atoms with Gasteiger partial charge in [-0.1, -0.05) is 36.4 Å². The van der Waals surface area contributed by atoms with Crippen LogP contribution < -0.4 is 19.1 Å². The molecule has 0 aromatic heterocycles. The number of para-hydroxylation sites is 2. The molecule has 3 aromatic carbocycles. The van der Waals surface area contributed by atoms with Crippen molar-refractivity contribution in [2.75, 3.05) is 31.1 Å². The molecular formula is C24H23F3N2O5S. The van der Waals surface area contributed by atoms with E-state index in [9.17, 15) is 26.4 Å². The fourth-order valence-corrected chi connectivity index (χ4v) is 4.58. The maximum absolute atomic E-state index is 13.2. The van der Waals surface area contributed by atoms with Gasteiger partial charge in [-0.05, 0) is 42.5 Å². The maximum atomic E-state index is 13.2. The predicted molar refractivity (Wildman–Crippen MR) is 124 cm³/mol. The van der Waals surface area contributed by atoms with Gasteiger partial charge in [0.1, 0.15) is 13.2 Å². The van der Waals surface area contributed by atoms with E-state index in [-0.39, 0.29) is 23.7 Å². The standard InChI is InChI=1S/C24H23F3N2O5S/c1-33-21-12-5-6-13-22(21)34-15-14-28-23(30)17-29(35(31,32)20-10-3-2-4-11-20)19-9-7-8-18(16-19)24(25,26)27/h2-13,16H,14-15,17H2,1H3,(H,28,30). The van der Waals surface area contributed by atoms with Crippen LogP contribution in [0.15, 0.2) is 83.8 Å². The molecule has 35 heavy (non-hydrogen) atoms. The van der Waals surface area contributed by atoms with Crippen LogP contribution in [0.5, 0.6) is 11.5 Å². The molecule has 11 heteroatoms. The van der Waals surface area contributed by atoms with Crippen molar-refractivity contribution < 1.29 is 35.9 Å². The Morgan fingerprint density at radius 2 is 1.60 bits per heavy atom. The molecule has 1 N–H and O–H groups in total. The van der Waals surface area contributed by atoms with Crippen LogP contribution in [0.1, 0.15) is 5.56 Å². The third kappa shape index (κ3) is 6.66. The lowest BCUT2D eigenvalue weighted by Gasteiger charge is -2.25. The van der Waals surface area contributed by atoms with Gasteiger partial charge in [-0.3, -0.25) is 9.10 Å². The Balaban J connectivity index is 1.76. The number of anilines is 1. The summed E-state index contributed by atoms with van der Waals surface area (Å²) < 4.78 is 77.6. The second-order valence-corrected chi connectivity index (χ2v) is 9.08. The van der Waals surface area contributed by atoms with Crippen molar-refractivity contribution in [3.8, 4) is 11.5 Å². The van der Waals surface area contributed by atoms with Crippen molar-refractivity contribution in [1.82, 2.24) is 5.32 Å². The number of nitrogens with one attached hydrogen (secondary N) is 1. The van der Waals surface area contributed by atoms with Gasteiger partial charge in [-0.25, -0.2) is 8.42 Å². The number of amides is 1. The molecule has 0 saturated carbocycles. The summed E-state index contributed by atoms with van der Waals surface area (Å²) in [6.45, 7) is -0.646. The highest BCUT2D eigenvalue weighted by molar-refractivity contribution is 7.92. The van der Waals surface area contributed by atoms with Crippen molar-refractivity contribution in [2.45, 2.75) is 11.1 Å². The number of sulfonamides is 1. The fraction of sp³-hybridized carbons (Fsp3) is 0.208. The number of carbonyl (C=O) groups is 1. The molecule has 0 aliphatic carbocycles. The van der Waals surface area contributed by atoms with E-state index in [1.807, 2.05) is 0 Å². The van der Waals surface area contributed by atoms with Gasteiger partial charge >= 0.3 is 6.18 Å². The summed E-state index contributed by atoms with van der Waals surface area (Å²) in [6.07, 6.45) is -4.68. The number of rotatable bonds is 10. The minimum absolute atomic E-state index is 0.0265. The lowest BCUT2D eigenvalue weighted by Crippen LogP contribution is -2.42. The minimum Gasteiger partial charge on any atom is -0.493 e. The summed E-state index contributed by atoms with van der Waals surface area (Å²) in [5, 5.41) is 2.53. The average molecular weight is 509 g/mol. The molecule has 0 fully saturated rings. The SMILES string of the molecule is COc1ccccc1OCCNC(=O)CN(c1cccc(C(F)(F)F)c1)S(=O)(=O)c1ccccc1. The molecule has 0 heterocycles. The number of nitrogens with zero attached hydrogens (tertiary/aromatic N) is 1. The van der Waals surface area contributed by atoms with Gasteiger partial charge < -0.3 is 14.8 Å². The zero-order chi connectivity index (χ0) is 25.5. The van der Waals surface area contributed by atoms with Gasteiger partial charge in [0.25, 0.3) is 10.0 Å². The first-order valence-electron chi connectivity index (χ1n) is 10.4. The molecule has 0 aliphatic rings. The first-order chi connectivity index (χ1) is 16.6. The minimum atomic E-state index is -4.68. The Kier molecular flexibility index (Phi) is 8.23. The van der Waals surface area contributed by atoms with E-state index in [1.54, 1.807) is 30.3 Å². The van der Waals surface area contributed by atoms with Crippen LogP contribution >= 0.6 is 0 Å². The lowest BCUT2D eigenvalue weighted by molar-refractivity contribution is -0.137. The molecule has 0 aliphatic heterocycles. The summed E-state index contributed by atoms with van der Waals surface area (Å²) >= 11 is 0. The zero-order valence-corrected chi connectivity index (χ0v) is 19.5. The van der Waals surface area contributed by atoms with Gasteiger partial charge in [-0.2, -0.15) is 13.2 Å². The Morgan fingerprint density at radius 1 is 0.943 bits per heavy atom. The van der Waals surface area contributed by atoms with E-state index in [1.165, 1.54) is 37.4 Å². The Bertz CT molecular complexity index is 1250. The Morgan fingerprint density at radius 3 is 2.26 bits per heavy atom. The summed E-state index contributed by atoms with van der Waals surface area (Å²) in [5.41, 5.74) is -1.32. The molecule has 0 bridgehead atoms. The van der Waals surface area contributed by atoms with Crippen LogP contribution in [-0.2, 0) is 21.0 Å². The highest BCUT2D eigenvalue weighted by Gasteiger charge is 2.33. The van der Waals surface area contributed by atoms with Gasteiger partial charge in [-0.15, -0.1) is 0 Å². The van der Waals surface area contributed by atoms with Crippen LogP contribution in [0.25, 0.3) is 0 Å². The molecule has 0 spiro atoms. The van der Waals surface area contributed by atoms with Crippen molar-refractivity contribution in [3.63, 3.8) is 0 Å². The highest BCUT2D eigenvalue weighted by atomic mass is 32.2. The third-order valence-electron chi connectivity index (χ3n) is 4.83. The molecule has 186 valence electrons. The number of hydrogen-bond acceptors (Lipinski definition) is 5. The van der Waals surface area contributed by atoms with Crippen molar-refractivity contribution in [3.05, 3.63) is 84.4 Å². The number of benzene rings is 3. The van der Waals surface area contributed by atoms with Gasteiger partial charge in [0.05, 0.1) is 29.8 Å². The van der Waals surface area contributed by atoms with E-state index >= 15 is 0 Å². The molecule has 7 nitrogen and oxygen atoms in total. The van der Waals surface area contributed by atoms with E-state index in [0.717, 1.165) is 12.1 Å². The number of ether oxygens (including phenoxy) is 2. The summed E-state index contributed by atoms with van der Waals surface area (Å²) in [5.74, 6) is 0.246. The highest BCUT2D eigenvalue weighted by Crippen LogP contribution is 2.33. The van der Waals surface area contributed by atoms with Crippen LogP contribution in [0.2, 0.25) is 0 Å². The number of carbonyl (C=O) groups excluding carboxylic acids is 1. The number of halogens is 3. The Hall–Kier alpha value is -3.73. The third-order valence-corrected chi connectivity index (χ3v) is 6.62. The summed E-state index contributed by atoms with van der Waals surface area (Å²) in [4.78, 5) is 12.4. The zero-order valence-electron chi connectivity index (χ0n) is 18.7. The maximum Gasteiger partial charge on any atom is 0.416 e. The van der Waals surface area contributed by atoms with Crippen LogP contribution in [-0.4, -0.2) is 41.1 Å². The molecule has 0 atom stereocenters. The quantitative estimate of drug-likeness (QED) is 0.417. The molecule has 0 unspecified atom stereocenters. The molecular weight excluding hydrogens is 485 g/mol. The van der Waals surface area contributed by atoms with Crippen molar-refractivity contribution >= 4 is 21.6 Å². The van der Waals surface area contributed by atoms with Gasteiger partial charge in [0.2, 0.25) is 5.91 Å². The van der Waals surface area contributed by atoms with Crippen LogP contribution in [0, 0.1) is 0 Å². The first kappa shape index (κ1) is 25.9. The second kappa shape index (κ2) is 11.1. The topological polar surface area (TPSA) is 84.9 Å². The van der Waals surface area contributed by atoms with E-state index in [2.05, 4.69) is 5.32 Å². The lowest BCUT2D eigenvalue weighted by atomic mass is 10.2. The number of hydrogen-bond donors (Lipinski definition) is 1. The molecule has 0 saturated heterocycles. The van der Waals surface area contributed by atoms with Crippen molar-refractivity contribution in [1.29, 1.82) is 0 Å². The Labute approximate surface area is 201 Å². The first-order valence-corrected chi connectivity index (χ1v) is 11.8. The smallest absolute Gasteiger partial charge is 0.416 e. The molecule has 3 aromatic rings.